The molecule has 4 heteroatoms. The SMILES string of the molecule is OC(c1ccccc1)c1ccc(F)c(F)c1Br. The van der Waals surface area contributed by atoms with Crippen LogP contribution in [0.25, 0.3) is 0 Å². The first-order chi connectivity index (χ1) is 8.11. The zero-order valence-electron chi connectivity index (χ0n) is 8.70. The Kier molecular flexibility index (Phi) is 3.54. The topological polar surface area (TPSA) is 20.2 Å². The van der Waals surface area contributed by atoms with Gasteiger partial charge in [-0.3, -0.25) is 0 Å². The standard InChI is InChI=1S/C13H9BrF2O/c14-11-9(6-7-10(15)12(11)16)13(17)8-4-2-1-3-5-8/h1-7,13,17H. The van der Waals surface area contributed by atoms with Gasteiger partial charge in [-0.2, -0.15) is 0 Å². The van der Waals surface area contributed by atoms with E-state index in [1.54, 1.807) is 24.3 Å². The van der Waals surface area contributed by atoms with Gasteiger partial charge in [-0.15, -0.1) is 0 Å². The van der Waals surface area contributed by atoms with Crippen LogP contribution in [0.5, 0.6) is 0 Å². The van der Waals surface area contributed by atoms with Crippen LogP contribution in [-0.2, 0) is 0 Å². The van der Waals surface area contributed by atoms with Crippen LogP contribution in [0.1, 0.15) is 17.2 Å². The second-order valence-electron chi connectivity index (χ2n) is 3.58. The first-order valence-corrected chi connectivity index (χ1v) is 5.77. The molecule has 1 N–H and O–H groups in total. The number of aliphatic hydroxyl groups is 1. The lowest BCUT2D eigenvalue weighted by atomic mass is 10.0. The van der Waals surface area contributed by atoms with Crippen LogP contribution in [0.3, 0.4) is 0 Å². The largest absolute Gasteiger partial charge is 0.384 e. The molecule has 2 aromatic rings. The number of hydrogen-bond donors (Lipinski definition) is 1. The van der Waals surface area contributed by atoms with Crippen molar-refractivity contribution in [1.29, 1.82) is 0 Å². The van der Waals surface area contributed by atoms with Gasteiger partial charge in [0.05, 0.1) is 4.47 Å². The molecular weight excluding hydrogens is 290 g/mol. The maximum atomic E-state index is 13.3. The molecule has 2 rings (SSSR count). The predicted octanol–water partition coefficient (Wildman–Crippen LogP) is 3.81. The molecule has 0 aromatic heterocycles. The average molecular weight is 299 g/mol. The third-order valence-electron chi connectivity index (χ3n) is 2.47. The first kappa shape index (κ1) is 12.2. The Morgan fingerprint density at radius 1 is 1.00 bits per heavy atom. The molecule has 0 heterocycles. The molecule has 0 radical (unpaired) electrons. The zero-order chi connectivity index (χ0) is 12.4. The number of halogens is 3. The molecule has 1 nitrogen and oxygen atoms in total. The molecule has 0 bridgehead atoms. The second kappa shape index (κ2) is 4.94. The molecule has 0 amide bonds. The van der Waals surface area contributed by atoms with Crippen molar-refractivity contribution in [1.82, 2.24) is 0 Å². The average Bonchev–Trinajstić information content (AvgIpc) is 2.36. The summed E-state index contributed by atoms with van der Waals surface area (Å²) >= 11 is 2.95. The summed E-state index contributed by atoms with van der Waals surface area (Å²) in [5.41, 5.74) is 0.925. The molecule has 1 atom stereocenters. The fourth-order valence-corrected chi connectivity index (χ4v) is 2.11. The van der Waals surface area contributed by atoms with Gasteiger partial charge in [0, 0.05) is 5.56 Å². The quantitative estimate of drug-likeness (QED) is 0.836. The van der Waals surface area contributed by atoms with Crippen molar-refractivity contribution in [2.45, 2.75) is 6.10 Å². The molecule has 0 aliphatic carbocycles. The van der Waals surface area contributed by atoms with Gasteiger partial charge in [0.15, 0.2) is 11.6 Å². The maximum absolute atomic E-state index is 13.3. The molecule has 1 unspecified atom stereocenters. The van der Waals surface area contributed by atoms with Crippen LogP contribution < -0.4 is 0 Å². The van der Waals surface area contributed by atoms with E-state index in [-0.39, 0.29) is 4.47 Å². The normalized spacial score (nSPS) is 12.5. The molecule has 17 heavy (non-hydrogen) atoms. The van der Waals surface area contributed by atoms with Crippen molar-refractivity contribution in [3.8, 4) is 0 Å². The molecule has 0 saturated heterocycles. The molecule has 0 aliphatic heterocycles. The third-order valence-corrected chi connectivity index (χ3v) is 3.28. The Hall–Kier alpha value is -1.26. The van der Waals surface area contributed by atoms with Crippen LogP contribution in [0.15, 0.2) is 46.9 Å². The van der Waals surface area contributed by atoms with E-state index in [4.69, 9.17) is 0 Å². The van der Waals surface area contributed by atoms with E-state index in [1.165, 1.54) is 6.07 Å². The summed E-state index contributed by atoms with van der Waals surface area (Å²) in [6.45, 7) is 0. The highest BCUT2D eigenvalue weighted by Gasteiger charge is 2.18. The van der Waals surface area contributed by atoms with Crippen molar-refractivity contribution in [2.24, 2.45) is 0 Å². The zero-order valence-corrected chi connectivity index (χ0v) is 10.3. The van der Waals surface area contributed by atoms with Crippen LogP contribution in [0, 0.1) is 11.6 Å². The highest BCUT2D eigenvalue weighted by Crippen LogP contribution is 2.31. The third kappa shape index (κ3) is 2.37. The summed E-state index contributed by atoms with van der Waals surface area (Å²) in [7, 11) is 0. The highest BCUT2D eigenvalue weighted by molar-refractivity contribution is 9.10. The summed E-state index contributed by atoms with van der Waals surface area (Å²) in [5.74, 6) is -1.93. The Labute approximate surface area is 106 Å². The predicted molar refractivity (Wildman–Crippen MR) is 64.6 cm³/mol. The van der Waals surface area contributed by atoms with Crippen molar-refractivity contribution in [2.75, 3.05) is 0 Å². The van der Waals surface area contributed by atoms with Crippen LogP contribution in [-0.4, -0.2) is 5.11 Å². The summed E-state index contributed by atoms with van der Waals surface area (Å²) in [6, 6.07) is 11.2. The molecule has 2 aromatic carbocycles. The molecule has 0 aliphatic rings. The van der Waals surface area contributed by atoms with Gasteiger partial charge < -0.3 is 5.11 Å². The number of rotatable bonds is 2. The summed E-state index contributed by atoms with van der Waals surface area (Å²) in [5, 5.41) is 10.1. The van der Waals surface area contributed by atoms with E-state index in [2.05, 4.69) is 15.9 Å². The molecule has 0 fully saturated rings. The lowest BCUT2D eigenvalue weighted by molar-refractivity contribution is 0.218. The smallest absolute Gasteiger partial charge is 0.173 e. The lowest BCUT2D eigenvalue weighted by Crippen LogP contribution is -2.02. The summed E-state index contributed by atoms with van der Waals surface area (Å²) in [6.07, 6.45) is -0.985. The Balaban J connectivity index is 2.45. The van der Waals surface area contributed by atoms with Gasteiger partial charge in [-0.05, 0) is 27.6 Å². The summed E-state index contributed by atoms with van der Waals surface area (Å²) in [4.78, 5) is 0. The second-order valence-corrected chi connectivity index (χ2v) is 4.37. The van der Waals surface area contributed by atoms with Gasteiger partial charge >= 0.3 is 0 Å². The van der Waals surface area contributed by atoms with Crippen LogP contribution >= 0.6 is 15.9 Å². The van der Waals surface area contributed by atoms with E-state index in [9.17, 15) is 13.9 Å². The van der Waals surface area contributed by atoms with Crippen molar-refractivity contribution in [3.63, 3.8) is 0 Å². The van der Waals surface area contributed by atoms with Gasteiger partial charge in [0.1, 0.15) is 6.10 Å². The van der Waals surface area contributed by atoms with Crippen LogP contribution in [0.2, 0.25) is 0 Å². The van der Waals surface area contributed by atoms with E-state index in [0.717, 1.165) is 6.07 Å². The minimum atomic E-state index is -0.988. The lowest BCUT2D eigenvalue weighted by Gasteiger charge is -2.13. The Bertz CT molecular complexity index is 528. The fourth-order valence-electron chi connectivity index (χ4n) is 1.57. The van der Waals surface area contributed by atoms with Gasteiger partial charge in [0.2, 0.25) is 0 Å². The monoisotopic (exact) mass is 298 g/mol. The van der Waals surface area contributed by atoms with Crippen molar-refractivity contribution < 1.29 is 13.9 Å². The maximum Gasteiger partial charge on any atom is 0.173 e. The number of aliphatic hydroxyl groups excluding tert-OH is 1. The fraction of sp³-hybridized carbons (Fsp3) is 0.0769. The van der Waals surface area contributed by atoms with Crippen LogP contribution in [0.4, 0.5) is 8.78 Å². The van der Waals surface area contributed by atoms with E-state index in [0.29, 0.717) is 11.1 Å². The minimum Gasteiger partial charge on any atom is -0.384 e. The molecule has 0 saturated carbocycles. The molecule has 88 valence electrons. The number of benzene rings is 2. The number of hydrogen-bond acceptors (Lipinski definition) is 1. The van der Waals surface area contributed by atoms with Crippen molar-refractivity contribution in [3.05, 3.63) is 69.7 Å². The van der Waals surface area contributed by atoms with Gasteiger partial charge in [-0.25, -0.2) is 8.78 Å². The van der Waals surface area contributed by atoms with E-state index in [1.807, 2.05) is 6.07 Å². The Morgan fingerprint density at radius 3 is 2.29 bits per heavy atom. The summed E-state index contributed by atoms with van der Waals surface area (Å²) < 4.78 is 26.2. The first-order valence-electron chi connectivity index (χ1n) is 4.97. The minimum absolute atomic E-state index is 0.0474. The van der Waals surface area contributed by atoms with E-state index < -0.39 is 17.7 Å². The Morgan fingerprint density at radius 2 is 1.65 bits per heavy atom. The molecule has 0 spiro atoms. The van der Waals surface area contributed by atoms with Gasteiger partial charge in [-0.1, -0.05) is 36.4 Å². The van der Waals surface area contributed by atoms with E-state index >= 15 is 0 Å². The van der Waals surface area contributed by atoms with Crippen molar-refractivity contribution >= 4 is 15.9 Å². The highest BCUT2D eigenvalue weighted by atomic mass is 79.9. The van der Waals surface area contributed by atoms with Gasteiger partial charge in [0.25, 0.3) is 0 Å². The molecular formula is C13H9BrF2O.